The third-order valence-electron chi connectivity index (χ3n) is 3.44. The molecule has 0 saturated heterocycles. The molecule has 1 aromatic carbocycles. The normalized spacial score (nSPS) is 11.3. The van der Waals surface area contributed by atoms with Crippen LogP contribution in [0.5, 0.6) is 0 Å². The van der Waals surface area contributed by atoms with Crippen molar-refractivity contribution >= 4 is 0 Å². The molecular weight excluding hydrogens is 272 g/mol. The number of nitrogens with zero attached hydrogens (tertiary/aromatic N) is 2. The minimum absolute atomic E-state index is 0.0467. The first-order valence-electron chi connectivity index (χ1n) is 7.14. The summed E-state index contributed by atoms with van der Waals surface area (Å²) in [7, 11) is 0. The largest absolute Gasteiger partial charge is 0.312 e. The Kier molecular flexibility index (Phi) is 5.07. The highest BCUT2D eigenvalue weighted by Crippen LogP contribution is 2.16. The van der Waals surface area contributed by atoms with Crippen molar-refractivity contribution in [1.82, 2.24) is 15.1 Å². The van der Waals surface area contributed by atoms with Crippen LogP contribution in [0.15, 0.2) is 24.4 Å². The molecule has 114 valence electrons. The molecule has 0 aliphatic rings. The number of benzene rings is 1. The first-order valence-corrected chi connectivity index (χ1v) is 7.14. The Balaban J connectivity index is 2.10. The zero-order valence-corrected chi connectivity index (χ0v) is 12.7. The van der Waals surface area contributed by atoms with Gasteiger partial charge in [0.25, 0.3) is 0 Å². The molecule has 1 N–H and O–H groups in total. The maximum atomic E-state index is 13.7. The summed E-state index contributed by atoms with van der Waals surface area (Å²) in [6.45, 7) is 7.94. The second-order valence-corrected chi connectivity index (χ2v) is 5.64. The highest BCUT2D eigenvalue weighted by Gasteiger charge is 2.12. The van der Waals surface area contributed by atoms with Crippen LogP contribution in [0.25, 0.3) is 0 Å². The number of halogens is 2. The van der Waals surface area contributed by atoms with E-state index in [4.69, 9.17) is 0 Å². The van der Waals surface area contributed by atoms with Crippen LogP contribution < -0.4 is 5.32 Å². The van der Waals surface area contributed by atoms with Gasteiger partial charge in [0.15, 0.2) is 0 Å². The third kappa shape index (κ3) is 3.88. The van der Waals surface area contributed by atoms with Gasteiger partial charge >= 0.3 is 0 Å². The molecule has 0 aliphatic carbocycles. The van der Waals surface area contributed by atoms with Gasteiger partial charge in [0.1, 0.15) is 11.6 Å². The van der Waals surface area contributed by atoms with Crippen LogP contribution in [0, 0.1) is 24.5 Å². The van der Waals surface area contributed by atoms with E-state index in [0.29, 0.717) is 12.5 Å². The first-order chi connectivity index (χ1) is 9.99. The summed E-state index contributed by atoms with van der Waals surface area (Å²) in [5.41, 5.74) is 2.02. The molecule has 0 spiro atoms. The number of hydrogen-bond donors (Lipinski definition) is 1. The summed E-state index contributed by atoms with van der Waals surface area (Å²) in [4.78, 5) is 0. The number of hydrogen-bond acceptors (Lipinski definition) is 2. The van der Waals surface area contributed by atoms with Crippen molar-refractivity contribution in [3.8, 4) is 0 Å². The molecule has 1 aromatic heterocycles. The van der Waals surface area contributed by atoms with Crippen molar-refractivity contribution in [2.24, 2.45) is 5.92 Å². The van der Waals surface area contributed by atoms with Crippen LogP contribution in [0.3, 0.4) is 0 Å². The van der Waals surface area contributed by atoms with Crippen LogP contribution in [-0.4, -0.2) is 16.3 Å². The molecule has 0 unspecified atom stereocenters. The molecule has 0 atom stereocenters. The van der Waals surface area contributed by atoms with Gasteiger partial charge in [-0.15, -0.1) is 0 Å². The van der Waals surface area contributed by atoms with Gasteiger partial charge in [-0.1, -0.05) is 19.9 Å². The van der Waals surface area contributed by atoms with Gasteiger partial charge in [-0.3, -0.25) is 4.68 Å². The Hall–Kier alpha value is -1.75. The molecule has 1 heterocycles. The quantitative estimate of drug-likeness (QED) is 0.886. The molecule has 0 fully saturated rings. The van der Waals surface area contributed by atoms with E-state index in [1.807, 2.05) is 6.92 Å². The maximum absolute atomic E-state index is 13.7. The van der Waals surface area contributed by atoms with E-state index < -0.39 is 11.6 Å². The highest BCUT2D eigenvalue weighted by atomic mass is 19.1. The summed E-state index contributed by atoms with van der Waals surface area (Å²) in [6, 6.07) is 3.90. The molecule has 0 saturated carbocycles. The summed E-state index contributed by atoms with van der Waals surface area (Å²) in [5.74, 6) is -0.498. The smallest absolute Gasteiger partial charge is 0.131 e. The molecule has 21 heavy (non-hydrogen) atoms. The lowest BCUT2D eigenvalue weighted by atomic mass is 10.2. The van der Waals surface area contributed by atoms with E-state index in [2.05, 4.69) is 24.3 Å². The van der Waals surface area contributed by atoms with Gasteiger partial charge in [-0.2, -0.15) is 5.10 Å². The van der Waals surface area contributed by atoms with Crippen LogP contribution in [0.4, 0.5) is 8.78 Å². The fourth-order valence-electron chi connectivity index (χ4n) is 2.15. The number of nitrogens with one attached hydrogen (secondary N) is 1. The molecule has 0 radical (unpaired) electrons. The van der Waals surface area contributed by atoms with Gasteiger partial charge in [-0.05, 0) is 31.5 Å². The first kappa shape index (κ1) is 15.6. The zero-order chi connectivity index (χ0) is 15.4. The van der Waals surface area contributed by atoms with E-state index in [9.17, 15) is 8.78 Å². The van der Waals surface area contributed by atoms with Crippen LogP contribution in [-0.2, 0) is 13.1 Å². The highest BCUT2D eigenvalue weighted by molar-refractivity contribution is 5.22. The molecule has 0 bridgehead atoms. The Morgan fingerprint density at radius 1 is 1.24 bits per heavy atom. The standard InChI is InChI=1S/C16H21F2N3/c1-11(2)7-19-8-13-9-20-21(12(13)3)10-14-15(17)5-4-6-16(14)18/h4-6,9,11,19H,7-8,10H2,1-3H3. The fourth-order valence-corrected chi connectivity index (χ4v) is 2.15. The predicted octanol–water partition coefficient (Wildman–Crippen LogP) is 3.26. The summed E-state index contributed by atoms with van der Waals surface area (Å²) < 4.78 is 29.0. The van der Waals surface area contributed by atoms with Crippen molar-refractivity contribution in [3.05, 3.63) is 52.9 Å². The second-order valence-electron chi connectivity index (χ2n) is 5.64. The lowest BCUT2D eigenvalue weighted by Crippen LogP contribution is -2.19. The SMILES string of the molecule is Cc1c(CNCC(C)C)cnn1Cc1c(F)cccc1F. The Bertz CT molecular complexity index is 585. The summed E-state index contributed by atoms with van der Waals surface area (Å²) in [5, 5.41) is 7.57. The summed E-state index contributed by atoms with van der Waals surface area (Å²) >= 11 is 0. The lowest BCUT2D eigenvalue weighted by Gasteiger charge is -2.09. The second kappa shape index (κ2) is 6.80. The topological polar surface area (TPSA) is 29.9 Å². The lowest BCUT2D eigenvalue weighted by molar-refractivity contribution is 0.528. The van der Waals surface area contributed by atoms with E-state index in [1.54, 1.807) is 10.9 Å². The van der Waals surface area contributed by atoms with Crippen LogP contribution in [0.2, 0.25) is 0 Å². The molecule has 5 heteroatoms. The van der Waals surface area contributed by atoms with Gasteiger partial charge < -0.3 is 5.32 Å². The van der Waals surface area contributed by atoms with E-state index in [1.165, 1.54) is 18.2 Å². The van der Waals surface area contributed by atoms with Crippen LogP contribution >= 0.6 is 0 Å². The van der Waals surface area contributed by atoms with E-state index in [-0.39, 0.29) is 12.1 Å². The number of aromatic nitrogens is 2. The minimum Gasteiger partial charge on any atom is -0.312 e. The van der Waals surface area contributed by atoms with Gasteiger partial charge in [-0.25, -0.2) is 8.78 Å². The number of rotatable bonds is 6. The fraction of sp³-hybridized carbons (Fsp3) is 0.438. The van der Waals surface area contributed by atoms with Crippen molar-refractivity contribution in [3.63, 3.8) is 0 Å². The molecule has 2 aromatic rings. The Morgan fingerprint density at radius 2 is 1.90 bits per heavy atom. The van der Waals surface area contributed by atoms with Crippen molar-refractivity contribution in [2.75, 3.05) is 6.54 Å². The average molecular weight is 293 g/mol. The molecular formula is C16H21F2N3. The summed E-state index contributed by atoms with van der Waals surface area (Å²) in [6.07, 6.45) is 1.75. The zero-order valence-electron chi connectivity index (χ0n) is 12.7. The Morgan fingerprint density at radius 3 is 2.52 bits per heavy atom. The molecule has 2 rings (SSSR count). The van der Waals surface area contributed by atoms with Gasteiger partial charge in [0.2, 0.25) is 0 Å². The van der Waals surface area contributed by atoms with Crippen molar-refractivity contribution in [2.45, 2.75) is 33.9 Å². The Labute approximate surface area is 124 Å². The predicted molar refractivity (Wildman–Crippen MR) is 79.0 cm³/mol. The minimum atomic E-state index is -0.538. The van der Waals surface area contributed by atoms with Crippen molar-refractivity contribution in [1.29, 1.82) is 0 Å². The molecule has 0 amide bonds. The van der Waals surface area contributed by atoms with Gasteiger partial charge in [0.05, 0.1) is 12.7 Å². The van der Waals surface area contributed by atoms with E-state index in [0.717, 1.165) is 17.8 Å². The monoisotopic (exact) mass is 293 g/mol. The molecule has 0 aliphatic heterocycles. The average Bonchev–Trinajstić information content (AvgIpc) is 2.75. The molecule has 3 nitrogen and oxygen atoms in total. The maximum Gasteiger partial charge on any atom is 0.131 e. The van der Waals surface area contributed by atoms with Crippen molar-refractivity contribution < 1.29 is 8.78 Å². The van der Waals surface area contributed by atoms with Crippen LogP contribution in [0.1, 0.15) is 30.7 Å². The third-order valence-corrected chi connectivity index (χ3v) is 3.44. The van der Waals surface area contributed by atoms with E-state index >= 15 is 0 Å². The van der Waals surface area contributed by atoms with Gasteiger partial charge in [0, 0.05) is 23.4 Å².